The van der Waals surface area contributed by atoms with Crippen molar-refractivity contribution in [3.8, 4) is 5.75 Å². The van der Waals surface area contributed by atoms with E-state index in [2.05, 4.69) is 5.32 Å². The molecular weight excluding hydrogens is 478 g/mol. The number of nitrogens with zero attached hydrogens (tertiary/aromatic N) is 2. The molecule has 0 saturated heterocycles. The molecular formula is C27H37N3O5S. The summed E-state index contributed by atoms with van der Waals surface area (Å²) in [6.07, 6.45) is 5.52. The standard InChI is InChI=1S/C27H37N3O5S/c1-5-25(27(32)28-22-11-6-7-12-22)29(18-21-10-8-9-20(2)17-21)26(31)19-30(36(4,33)34)23-13-15-24(35-3)16-14-23/h8-10,13-17,22,25H,5-7,11-12,18-19H2,1-4H3,(H,28,32). The van der Waals surface area contributed by atoms with E-state index in [4.69, 9.17) is 4.74 Å². The number of rotatable bonds is 11. The smallest absolute Gasteiger partial charge is 0.244 e. The van der Waals surface area contributed by atoms with Gasteiger partial charge in [0.15, 0.2) is 0 Å². The zero-order valence-corrected chi connectivity index (χ0v) is 22.4. The van der Waals surface area contributed by atoms with Gasteiger partial charge in [-0.2, -0.15) is 0 Å². The molecule has 1 saturated carbocycles. The summed E-state index contributed by atoms with van der Waals surface area (Å²) in [6.45, 7) is 3.63. The van der Waals surface area contributed by atoms with Crippen molar-refractivity contribution in [2.45, 2.75) is 64.6 Å². The summed E-state index contributed by atoms with van der Waals surface area (Å²) in [4.78, 5) is 28.6. The van der Waals surface area contributed by atoms with Crippen LogP contribution in [0.1, 0.15) is 50.2 Å². The van der Waals surface area contributed by atoms with Crippen molar-refractivity contribution >= 4 is 27.5 Å². The fraction of sp³-hybridized carbons (Fsp3) is 0.481. The number of hydrogen-bond donors (Lipinski definition) is 1. The lowest BCUT2D eigenvalue weighted by Gasteiger charge is -2.33. The van der Waals surface area contributed by atoms with Crippen molar-refractivity contribution in [1.29, 1.82) is 0 Å². The highest BCUT2D eigenvalue weighted by Crippen LogP contribution is 2.23. The highest BCUT2D eigenvalue weighted by molar-refractivity contribution is 7.92. The minimum absolute atomic E-state index is 0.120. The number of aryl methyl sites for hydroxylation is 1. The Balaban J connectivity index is 1.91. The maximum Gasteiger partial charge on any atom is 0.244 e. The van der Waals surface area contributed by atoms with Crippen molar-refractivity contribution in [1.82, 2.24) is 10.2 Å². The van der Waals surface area contributed by atoms with Crippen LogP contribution in [0.2, 0.25) is 0 Å². The number of sulfonamides is 1. The maximum atomic E-state index is 13.7. The number of anilines is 1. The molecule has 1 aliphatic carbocycles. The van der Waals surface area contributed by atoms with E-state index in [1.165, 1.54) is 12.0 Å². The summed E-state index contributed by atoms with van der Waals surface area (Å²) >= 11 is 0. The molecule has 0 spiro atoms. The van der Waals surface area contributed by atoms with Gasteiger partial charge in [0.05, 0.1) is 19.1 Å². The first-order valence-electron chi connectivity index (χ1n) is 12.4. The molecule has 3 rings (SSSR count). The fourth-order valence-electron chi connectivity index (χ4n) is 4.66. The lowest BCUT2D eigenvalue weighted by atomic mass is 10.1. The van der Waals surface area contributed by atoms with Gasteiger partial charge in [0.25, 0.3) is 0 Å². The van der Waals surface area contributed by atoms with E-state index in [-0.39, 0.29) is 18.5 Å². The van der Waals surface area contributed by atoms with Gasteiger partial charge in [0.2, 0.25) is 21.8 Å². The van der Waals surface area contributed by atoms with Crippen LogP contribution in [-0.4, -0.2) is 57.1 Å². The summed E-state index contributed by atoms with van der Waals surface area (Å²) in [6, 6.07) is 13.7. The number of carbonyl (C=O) groups is 2. The summed E-state index contributed by atoms with van der Waals surface area (Å²) in [5.74, 6) is -0.0545. The van der Waals surface area contributed by atoms with Crippen LogP contribution >= 0.6 is 0 Å². The Kier molecular flexibility index (Phi) is 9.37. The molecule has 0 radical (unpaired) electrons. The molecule has 1 atom stereocenters. The second kappa shape index (κ2) is 12.3. The van der Waals surface area contributed by atoms with Gasteiger partial charge in [-0.1, -0.05) is 49.6 Å². The maximum absolute atomic E-state index is 13.7. The summed E-state index contributed by atoms with van der Waals surface area (Å²) in [7, 11) is -2.25. The second-order valence-electron chi connectivity index (χ2n) is 9.39. The van der Waals surface area contributed by atoms with E-state index in [0.29, 0.717) is 17.9 Å². The molecule has 2 aromatic carbocycles. The Morgan fingerprint density at radius 1 is 1.11 bits per heavy atom. The third-order valence-corrected chi connectivity index (χ3v) is 7.70. The van der Waals surface area contributed by atoms with Gasteiger partial charge in [0.1, 0.15) is 18.3 Å². The van der Waals surface area contributed by atoms with Crippen molar-refractivity contribution in [3.63, 3.8) is 0 Å². The van der Waals surface area contributed by atoms with E-state index < -0.39 is 28.5 Å². The molecule has 1 unspecified atom stereocenters. The summed E-state index contributed by atoms with van der Waals surface area (Å²) in [5, 5.41) is 3.11. The van der Waals surface area contributed by atoms with Gasteiger partial charge in [-0.15, -0.1) is 0 Å². The zero-order chi connectivity index (χ0) is 26.3. The van der Waals surface area contributed by atoms with Crippen LogP contribution in [0.15, 0.2) is 48.5 Å². The van der Waals surface area contributed by atoms with Crippen molar-refractivity contribution in [3.05, 3.63) is 59.7 Å². The molecule has 0 bridgehead atoms. The van der Waals surface area contributed by atoms with Crippen LogP contribution < -0.4 is 14.4 Å². The first-order chi connectivity index (χ1) is 17.1. The van der Waals surface area contributed by atoms with E-state index in [0.717, 1.165) is 47.4 Å². The molecule has 1 aliphatic rings. The first kappa shape index (κ1) is 27.5. The van der Waals surface area contributed by atoms with Crippen LogP contribution in [0, 0.1) is 6.92 Å². The summed E-state index contributed by atoms with van der Waals surface area (Å²) in [5.41, 5.74) is 2.27. The molecule has 0 heterocycles. The van der Waals surface area contributed by atoms with Gasteiger partial charge >= 0.3 is 0 Å². The average molecular weight is 516 g/mol. The molecule has 2 amide bonds. The third-order valence-electron chi connectivity index (χ3n) is 6.56. The Morgan fingerprint density at radius 3 is 2.33 bits per heavy atom. The minimum atomic E-state index is -3.77. The Morgan fingerprint density at radius 2 is 1.78 bits per heavy atom. The Bertz CT molecular complexity index is 1140. The number of methoxy groups -OCH3 is 1. The van der Waals surface area contributed by atoms with E-state index in [1.807, 2.05) is 38.1 Å². The van der Waals surface area contributed by atoms with Crippen LogP contribution in [0.5, 0.6) is 5.75 Å². The van der Waals surface area contributed by atoms with E-state index >= 15 is 0 Å². The number of amides is 2. The van der Waals surface area contributed by atoms with Crippen LogP contribution in [-0.2, 0) is 26.2 Å². The van der Waals surface area contributed by atoms with Crippen molar-refractivity contribution in [2.24, 2.45) is 0 Å². The van der Waals surface area contributed by atoms with Gasteiger partial charge in [0, 0.05) is 12.6 Å². The number of benzene rings is 2. The highest BCUT2D eigenvalue weighted by atomic mass is 32.2. The predicted molar refractivity (Wildman–Crippen MR) is 141 cm³/mol. The molecule has 0 aliphatic heterocycles. The first-order valence-corrected chi connectivity index (χ1v) is 14.2. The second-order valence-corrected chi connectivity index (χ2v) is 11.3. The van der Waals surface area contributed by atoms with Crippen LogP contribution in [0.3, 0.4) is 0 Å². The molecule has 0 aromatic heterocycles. The monoisotopic (exact) mass is 515 g/mol. The Labute approximate surface area is 214 Å². The molecule has 8 nitrogen and oxygen atoms in total. The van der Waals surface area contributed by atoms with Crippen molar-refractivity contribution in [2.75, 3.05) is 24.2 Å². The van der Waals surface area contributed by atoms with E-state index in [9.17, 15) is 18.0 Å². The minimum Gasteiger partial charge on any atom is -0.497 e. The highest BCUT2D eigenvalue weighted by Gasteiger charge is 2.33. The van der Waals surface area contributed by atoms with Gasteiger partial charge in [-0.25, -0.2) is 8.42 Å². The van der Waals surface area contributed by atoms with Crippen molar-refractivity contribution < 1.29 is 22.7 Å². The van der Waals surface area contributed by atoms with Gasteiger partial charge in [-0.3, -0.25) is 13.9 Å². The predicted octanol–water partition coefficient (Wildman–Crippen LogP) is 3.64. The molecule has 2 aromatic rings. The molecule has 196 valence electrons. The molecule has 9 heteroatoms. The normalized spacial score (nSPS) is 14.8. The van der Waals surface area contributed by atoms with Crippen LogP contribution in [0.4, 0.5) is 5.69 Å². The molecule has 1 fully saturated rings. The molecule has 36 heavy (non-hydrogen) atoms. The lowest BCUT2D eigenvalue weighted by Crippen LogP contribution is -2.53. The summed E-state index contributed by atoms with van der Waals surface area (Å²) < 4.78 is 31.6. The average Bonchev–Trinajstić information content (AvgIpc) is 3.34. The topological polar surface area (TPSA) is 96.0 Å². The quantitative estimate of drug-likeness (QED) is 0.493. The number of hydrogen-bond acceptors (Lipinski definition) is 5. The molecule has 1 N–H and O–H groups in total. The number of carbonyl (C=O) groups excluding carboxylic acids is 2. The van der Waals surface area contributed by atoms with Gasteiger partial charge in [-0.05, 0) is 56.0 Å². The lowest BCUT2D eigenvalue weighted by molar-refractivity contribution is -0.140. The fourth-order valence-corrected chi connectivity index (χ4v) is 5.51. The SMILES string of the molecule is CCC(C(=O)NC1CCCC1)N(Cc1cccc(C)c1)C(=O)CN(c1ccc(OC)cc1)S(C)(=O)=O. The number of nitrogens with one attached hydrogen (secondary N) is 1. The Hall–Kier alpha value is -3.07. The largest absolute Gasteiger partial charge is 0.497 e. The third kappa shape index (κ3) is 7.22. The number of ether oxygens (including phenoxy) is 1. The van der Waals surface area contributed by atoms with Crippen LogP contribution in [0.25, 0.3) is 0 Å². The van der Waals surface area contributed by atoms with E-state index in [1.54, 1.807) is 24.3 Å². The zero-order valence-electron chi connectivity index (χ0n) is 21.6. The van der Waals surface area contributed by atoms with Gasteiger partial charge < -0.3 is 15.0 Å².